The van der Waals surface area contributed by atoms with E-state index in [1.165, 1.54) is 12.1 Å². The van der Waals surface area contributed by atoms with E-state index >= 15 is 0 Å². The first-order chi connectivity index (χ1) is 12.0. The number of hydrogen-bond acceptors (Lipinski definition) is 4. The predicted octanol–water partition coefficient (Wildman–Crippen LogP) is 4.05. The van der Waals surface area contributed by atoms with Gasteiger partial charge in [0.25, 0.3) is 5.89 Å². The van der Waals surface area contributed by atoms with Crippen molar-refractivity contribution in [2.75, 3.05) is 0 Å². The predicted molar refractivity (Wildman–Crippen MR) is 92.9 cm³/mol. The van der Waals surface area contributed by atoms with Gasteiger partial charge >= 0.3 is 0 Å². The Morgan fingerprint density at radius 3 is 2.84 bits per heavy atom. The molecule has 2 aromatic carbocycles. The Morgan fingerprint density at radius 2 is 2.04 bits per heavy atom. The molecule has 0 aliphatic heterocycles. The van der Waals surface area contributed by atoms with Gasteiger partial charge < -0.3 is 9.09 Å². The van der Waals surface area contributed by atoms with E-state index in [9.17, 15) is 9.18 Å². The van der Waals surface area contributed by atoms with Gasteiger partial charge in [0.1, 0.15) is 11.4 Å². The van der Waals surface area contributed by atoms with Gasteiger partial charge in [-0.25, -0.2) is 4.39 Å². The lowest BCUT2D eigenvalue weighted by Gasteiger charge is -2.06. The Kier molecular flexibility index (Phi) is 3.62. The molecule has 2 aromatic heterocycles. The molecule has 4 rings (SSSR count). The van der Waals surface area contributed by atoms with Gasteiger partial charge in [-0.1, -0.05) is 28.9 Å². The first-order valence-electron chi connectivity index (χ1n) is 7.42. The summed E-state index contributed by atoms with van der Waals surface area (Å²) in [5.41, 5.74) is 1.13. The Bertz CT molecular complexity index is 1170. The normalized spacial score (nSPS) is 11.2. The molecule has 124 valence electrons. The smallest absolute Gasteiger partial charge is 0.263 e. The molecule has 0 spiro atoms. The monoisotopic (exact) mass is 355 g/mol. The minimum Gasteiger partial charge on any atom is -0.350 e. The van der Waals surface area contributed by atoms with Crippen molar-refractivity contribution in [3.8, 4) is 22.8 Å². The molecule has 0 aliphatic carbocycles. The molecule has 25 heavy (non-hydrogen) atoms. The number of hydrogen-bond donors (Lipinski definition) is 0. The van der Waals surface area contributed by atoms with E-state index < -0.39 is 5.82 Å². The molecule has 0 saturated heterocycles. The van der Waals surface area contributed by atoms with Crippen LogP contribution in [0, 0.1) is 5.82 Å². The van der Waals surface area contributed by atoms with Gasteiger partial charge in [0.2, 0.25) is 11.3 Å². The maximum Gasteiger partial charge on any atom is 0.263 e. The van der Waals surface area contributed by atoms with Crippen molar-refractivity contribution >= 4 is 22.5 Å². The van der Waals surface area contributed by atoms with Crippen molar-refractivity contribution in [2.45, 2.75) is 0 Å². The number of halogens is 2. The SMILES string of the molecule is Cn1cc(-c2nc(-c3cccc(Cl)c3)no2)c(=O)c2cc(F)ccc21. The molecule has 0 aliphatic rings. The van der Waals surface area contributed by atoms with Crippen LogP contribution in [0.5, 0.6) is 0 Å². The van der Waals surface area contributed by atoms with Gasteiger partial charge in [-0.2, -0.15) is 4.98 Å². The van der Waals surface area contributed by atoms with Crippen LogP contribution in [0.4, 0.5) is 4.39 Å². The highest BCUT2D eigenvalue weighted by atomic mass is 35.5. The summed E-state index contributed by atoms with van der Waals surface area (Å²) in [7, 11) is 1.76. The number of benzene rings is 2. The third kappa shape index (κ3) is 2.70. The van der Waals surface area contributed by atoms with Crippen molar-refractivity contribution in [1.29, 1.82) is 0 Å². The van der Waals surface area contributed by atoms with Gasteiger partial charge in [-0.05, 0) is 30.3 Å². The van der Waals surface area contributed by atoms with Crippen LogP contribution >= 0.6 is 11.6 Å². The third-order valence-corrected chi connectivity index (χ3v) is 4.12. The lowest BCUT2D eigenvalue weighted by atomic mass is 10.1. The quantitative estimate of drug-likeness (QED) is 0.544. The molecule has 0 amide bonds. The van der Waals surface area contributed by atoms with Crippen LogP contribution in [0.15, 0.2) is 58.0 Å². The zero-order valence-corrected chi connectivity index (χ0v) is 13.8. The Morgan fingerprint density at radius 1 is 1.20 bits per heavy atom. The molecule has 4 aromatic rings. The molecule has 0 unspecified atom stereocenters. The van der Waals surface area contributed by atoms with E-state index in [1.807, 2.05) is 0 Å². The number of aromatic nitrogens is 3. The van der Waals surface area contributed by atoms with Crippen molar-refractivity contribution in [3.63, 3.8) is 0 Å². The maximum absolute atomic E-state index is 13.5. The number of aryl methyl sites for hydroxylation is 1. The van der Waals surface area contributed by atoms with Crippen LogP contribution < -0.4 is 5.43 Å². The summed E-state index contributed by atoms with van der Waals surface area (Å²) in [6, 6.07) is 11.1. The summed E-state index contributed by atoms with van der Waals surface area (Å²) >= 11 is 5.97. The second kappa shape index (κ2) is 5.82. The second-order valence-electron chi connectivity index (χ2n) is 5.58. The highest BCUT2D eigenvalue weighted by Crippen LogP contribution is 2.24. The number of pyridine rings is 1. The second-order valence-corrected chi connectivity index (χ2v) is 6.01. The van der Waals surface area contributed by atoms with Crippen molar-refractivity contribution in [3.05, 3.63) is 69.7 Å². The van der Waals surface area contributed by atoms with E-state index in [0.717, 1.165) is 0 Å². The number of nitrogens with zero attached hydrogens (tertiary/aromatic N) is 3. The van der Waals surface area contributed by atoms with Crippen molar-refractivity contribution in [2.24, 2.45) is 7.05 Å². The first kappa shape index (κ1) is 15.5. The summed E-state index contributed by atoms with van der Waals surface area (Å²) < 4.78 is 20.5. The summed E-state index contributed by atoms with van der Waals surface area (Å²) in [6.45, 7) is 0. The fraction of sp³-hybridized carbons (Fsp3) is 0.0556. The number of fused-ring (bicyclic) bond motifs is 1. The van der Waals surface area contributed by atoms with Gasteiger partial charge in [-0.15, -0.1) is 0 Å². The van der Waals surface area contributed by atoms with Gasteiger partial charge in [0, 0.05) is 29.2 Å². The standard InChI is InChI=1S/C18H11ClFN3O2/c1-23-9-14(16(24)13-8-12(20)5-6-15(13)23)18-21-17(22-25-18)10-3-2-4-11(19)7-10/h2-9H,1H3. The molecule has 0 bridgehead atoms. The molecule has 0 saturated carbocycles. The van der Waals surface area contributed by atoms with Crippen molar-refractivity contribution in [1.82, 2.24) is 14.7 Å². The Balaban J connectivity index is 1.88. The van der Waals surface area contributed by atoms with Gasteiger partial charge in [-0.3, -0.25) is 4.79 Å². The Labute approximate surface area is 146 Å². The third-order valence-electron chi connectivity index (χ3n) is 3.89. The maximum atomic E-state index is 13.5. The van der Waals surface area contributed by atoms with Gasteiger partial charge in [0.05, 0.1) is 5.52 Å². The topological polar surface area (TPSA) is 60.9 Å². The molecular weight excluding hydrogens is 345 g/mol. The van der Waals surface area contributed by atoms with E-state index in [4.69, 9.17) is 16.1 Å². The minimum absolute atomic E-state index is 0.0711. The summed E-state index contributed by atoms with van der Waals surface area (Å²) in [5.74, 6) is -0.0903. The van der Waals surface area contributed by atoms with Crippen molar-refractivity contribution < 1.29 is 8.91 Å². The van der Waals surface area contributed by atoms with E-state index in [1.54, 1.807) is 48.1 Å². The molecule has 7 heteroatoms. The zero-order valence-electron chi connectivity index (χ0n) is 13.0. The van der Waals surface area contributed by atoms with E-state index in [0.29, 0.717) is 21.9 Å². The molecule has 5 nitrogen and oxygen atoms in total. The number of rotatable bonds is 2. The largest absolute Gasteiger partial charge is 0.350 e. The van der Waals surface area contributed by atoms with Crippen LogP contribution in [0.25, 0.3) is 33.7 Å². The first-order valence-corrected chi connectivity index (χ1v) is 7.79. The highest BCUT2D eigenvalue weighted by Gasteiger charge is 2.17. The van der Waals surface area contributed by atoms with Gasteiger partial charge in [0.15, 0.2) is 0 Å². The molecule has 0 N–H and O–H groups in total. The molecular formula is C18H11ClFN3O2. The summed E-state index contributed by atoms with van der Waals surface area (Å²) in [4.78, 5) is 17.0. The summed E-state index contributed by atoms with van der Waals surface area (Å²) in [5, 5.41) is 4.70. The lowest BCUT2D eigenvalue weighted by Crippen LogP contribution is -2.10. The van der Waals surface area contributed by atoms with Crippen LogP contribution in [-0.2, 0) is 7.05 Å². The summed E-state index contributed by atoms with van der Waals surface area (Å²) in [6.07, 6.45) is 1.60. The minimum atomic E-state index is -0.480. The fourth-order valence-electron chi connectivity index (χ4n) is 2.69. The average Bonchev–Trinajstić information content (AvgIpc) is 3.08. The van der Waals surface area contributed by atoms with Crippen LogP contribution in [0.1, 0.15) is 0 Å². The average molecular weight is 356 g/mol. The zero-order chi connectivity index (χ0) is 17.6. The molecule has 0 atom stereocenters. The highest BCUT2D eigenvalue weighted by molar-refractivity contribution is 6.30. The van der Waals surface area contributed by atoms with Crippen LogP contribution in [0.3, 0.4) is 0 Å². The van der Waals surface area contributed by atoms with E-state index in [2.05, 4.69) is 10.1 Å². The fourth-order valence-corrected chi connectivity index (χ4v) is 2.88. The lowest BCUT2D eigenvalue weighted by molar-refractivity contribution is 0.432. The molecule has 2 heterocycles. The molecule has 0 fully saturated rings. The van der Waals surface area contributed by atoms with Crippen LogP contribution in [0.2, 0.25) is 5.02 Å². The van der Waals surface area contributed by atoms with Crippen LogP contribution in [-0.4, -0.2) is 14.7 Å². The molecule has 0 radical (unpaired) electrons. The van der Waals surface area contributed by atoms with E-state index in [-0.39, 0.29) is 22.3 Å². The Hall–Kier alpha value is -2.99.